The number of carbonyl (C=O) groups is 2. The molecule has 0 N–H and O–H groups in total. The number of rotatable bonds is 5. The highest BCUT2D eigenvalue weighted by Crippen LogP contribution is 2.43. The molecule has 0 saturated carbocycles. The third-order valence-corrected chi connectivity index (χ3v) is 7.16. The van der Waals surface area contributed by atoms with E-state index in [1.165, 1.54) is 35.2 Å². The molecule has 3 heterocycles. The third-order valence-electron chi connectivity index (χ3n) is 5.53. The van der Waals surface area contributed by atoms with Crippen LogP contribution in [0.2, 0.25) is 0 Å². The lowest BCUT2D eigenvalue weighted by atomic mass is 9.99. The van der Waals surface area contributed by atoms with Gasteiger partial charge >= 0.3 is 5.97 Å². The summed E-state index contributed by atoms with van der Waals surface area (Å²) in [7, 11) is 0. The fraction of sp³-hybridized carbons (Fsp3) is 0.120. The number of carbonyl (C=O) groups excluding carboxylic acids is 2. The Hall–Kier alpha value is -3.63. The summed E-state index contributed by atoms with van der Waals surface area (Å²) >= 11 is 4.32. The average Bonchev–Trinajstić information content (AvgIpc) is 3.36. The van der Waals surface area contributed by atoms with Crippen molar-refractivity contribution in [3.63, 3.8) is 0 Å². The molecule has 1 atom stereocenters. The number of anilines is 1. The summed E-state index contributed by atoms with van der Waals surface area (Å²) in [5.74, 6) is -1.77. The molecule has 2 aromatic heterocycles. The van der Waals surface area contributed by atoms with E-state index in [9.17, 15) is 18.8 Å². The average molecular weight is 555 g/mol. The Kier molecular flexibility index (Phi) is 5.86. The molecule has 0 spiro atoms. The van der Waals surface area contributed by atoms with Crippen LogP contribution in [0.15, 0.2) is 68.8 Å². The van der Waals surface area contributed by atoms with E-state index in [2.05, 4.69) is 27.5 Å². The van der Waals surface area contributed by atoms with Crippen LogP contribution >= 0.6 is 27.3 Å². The van der Waals surface area contributed by atoms with Crippen LogP contribution in [0.25, 0.3) is 11.0 Å². The van der Waals surface area contributed by atoms with Crippen molar-refractivity contribution in [1.82, 2.24) is 4.98 Å². The minimum Gasteiger partial charge on any atom is -0.457 e. The summed E-state index contributed by atoms with van der Waals surface area (Å²) in [5.41, 5.74) is 0.856. The summed E-state index contributed by atoms with van der Waals surface area (Å²) in [6, 6.07) is 9.50. The second-order valence-electron chi connectivity index (χ2n) is 7.74. The monoisotopic (exact) mass is 554 g/mol. The first kappa shape index (κ1) is 23.1. The highest BCUT2D eigenvalue weighted by Gasteiger charge is 2.45. The van der Waals surface area contributed by atoms with Crippen LogP contribution in [-0.2, 0) is 4.74 Å². The van der Waals surface area contributed by atoms with Gasteiger partial charge in [0.1, 0.15) is 22.9 Å². The molecular formula is C25H16BrFN2O5S. The molecule has 35 heavy (non-hydrogen) atoms. The minimum absolute atomic E-state index is 0.0262. The smallest absolute Gasteiger partial charge is 0.350 e. The lowest BCUT2D eigenvalue weighted by Crippen LogP contribution is -2.29. The largest absolute Gasteiger partial charge is 0.457 e. The lowest BCUT2D eigenvalue weighted by molar-refractivity contribution is 0.0554. The number of ether oxygens (including phenoxy) is 1. The molecule has 0 aliphatic carbocycles. The highest BCUT2D eigenvalue weighted by atomic mass is 79.9. The van der Waals surface area contributed by atoms with Crippen molar-refractivity contribution in [3.8, 4) is 0 Å². The van der Waals surface area contributed by atoms with Gasteiger partial charge in [-0.05, 0) is 42.8 Å². The molecule has 1 amide bonds. The molecule has 0 fully saturated rings. The molecule has 0 radical (unpaired) electrons. The molecule has 10 heteroatoms. The number of thiazole rings is 1. The molecule has 1 unspecified atom stereocenters. The van der Waals surface area contributed by atoms with E-state index in [4.69, 9.17) is 9.15 Å². The Morgan fingerprint density at radius 2 is 2.03 bits per heavy atom. The van der Waals surface area contributed by atoms with Gasteiger partial charge in [0.25, 0.3) is 5.91 Å². The van der Waals surface area contributed by atoms with Crippen molar-refractivity contribution in [2.75, 3.05) is 11.5 Å². The number of hydrogen-bond donors (Lipinski definition) is 0. The zero-order chi connectivity index (χ0) is 24.9. The second kappa shape index (κ2) is 8.86. The fourth-order valence-corrected chi connectivity index (χ4v) is 5.33. The molecule has 4 aromatic rings. The van der Waals surface area contributed by atoms with Crippen LogP contribution in [0.5, 0.6) is 0 Å². The maximum absolute atomic E-state index is 13.7. The molecular weight excluding hydrogens is 539 g/mol. The van der Waals surface area contributed by atoms with E-state index in [1.54, 1.807) is 25.1 Å². The normalized spacial score (nSPS) is 14.9. The summed E-state index contributed by atoms with van der Waals surface area (Å²) in [4.78, 5) is 45.7. The Labute approximate surface area is 210 Å². The van der Waals surface area contributed by atoms with E-state index >= 15 is 0 Å². The fourth-order valence-electron chi connectivity index (χ4n) is 3.98. The van der Waals surface area contributed by atoms with E-state index in [1.807, 2.05) is 0 Å². The Morgan fingerprint density at radius 3 is 2.74 bits per heavy atom. The van der Waals surface area contributed by atoms with Crippen molar-refractivity contribution >= 4 is 55.2 Å². The van der Waals surface area contributed by atoms with Crippen LogP contribution in [0.1, 0.15) is 43.1 Å². The predicted octanol–water partition coefficient (Wildman–Crippen LogP) is 5.55. The summed E-state index contributed by atoms with van der Waals surface area (Å²) in [6.45, 7) is 5.18. The summed E-state index contributed by atoms with van der Waals surface area (Å²) < 4.78 is 25.4. The summed E-state index contributed by atoms with van der Waals surface area (Å²) in [6.07, 6.45) is 1.45. The number of amides is 1. The maximum Gasteiger partial charge on any atom is 0.350 e. The van der Waals surface area contributed by atoms with Crippen molar-refractivity contribution < 1.29 is 23.1 Å². The van der Waals surface area contributed by atoms with Crippen LogP contribution in [0, 0.1) is 12.7 Å². The molecule has 2 aromatic carbocycles. The van der Waals surface area contributed by atoms with Crippen LogP contribution in [0.3, 0.4) is 0 Å². The van der Waals surface area contributed by atoms with E-state index in [0.29, 0.717) is 21.1 Å². The zero-order valence-electron chi connectivity index (χ0n) is 18.2. The van der Waals surface area contributed by atoms with Gasteiger partial charge in [-0.1, -0.05) is 52.1 Å². The van der Waals surface area contributed by atoms with Gasteiger partial charge in [-0.15, -0.1) is 0 Å². The van der Waals surface area contributed by atoms with Gasteiger partial charge in [-0.25, -0.2) is 14.2 Å². The van der Waals surface area contributed by atoms with Crippen LogP contribution < -0.4 is 10.3 Å². The van der Waals surface area contributed by atoms with E-state index in [-0.39, 0.29) is 39.0 Å². The Bertz CT molecular complexity index is 1580. The zero-order valence-corrected chi connectivity index (χ0v) is 20.6. The number of fused-ring (bicyclic) bond motifs is 2. The first-order valence-corrected chi connectivity index (χ1v) is 12.0. The molecule has 176 valence electrons. The molecule has 5 rings (SSSR count). The van der Waals surface area contributed by atoms with Gasteiger partial charge < -0.3 is 9.15 Å². The maximum atomic E-state index is 13.7. The van der Waals surface area contributed by atoms with E-state index < -0.39 is 23.7 Å². The number of aryl methyl sites for hydroxylation is 1. The SMILES string of the molecule is C=CCOC(=O)c1sc(N2C(=O)c3oc4ccc(Br)cc4c(=O)c3C2c2ccc(F)cc2)nc1C. The van der Waals surface area contributed by atoms with Gasteiger partial charge in [-0.2, -0.15) is 0 Å². The minimum atomic E-state index is -0.930. The molecule has 0 bridgehead atoms. The van der Waals surface area contributed by atoms with Gasteiger partial charge in [-0.3, -0.25) is 14.5 Å². The van der Waals surface area contributed by atoms with Crippen LogP contribution in [-0.4, -0.2) is 23.5 Å². The molecule has 1 aliphatic heterocycles. The Balaban J connectivity index is 1.72. The first-order valence-electron chi connectivity index (χ1n) is 10.4. The van der Waals surface area contributed by atoms with Gasteiger partial charge in [0.15, 0.2) is 10.6 Å². The summed E-state index contributed by atoms with van der Waals surface area (Å²) in [5, 5.41) is 0.479. The highest BCUT2D eigenvalue weighted by molar-refractivity contribution is 9.10. The van der Waals surface area contributed by atoms with Crippen molar-refractivity contribution in [3.05, 3.63) is 103 Å². The molecule has 1 aliphatic rings. The Morgan fingerprint density at radius 1 is 1.29 bits per heavy atom. The van der Waals surface area contributed by atoms with Gasteiger partial charge in [0.2, 0.25) is 5.76 Å². The quantitative estimate of drug-likeness (QED) is 0.237. The van der Waals surface area contributed by atoms with Crippen molar-refractivity contribution in [1.29, 1.82) is 0 Å². The van der Waals surface area contributed by atoms with Crippen molar-refractivity contribution in [2.45, 2.75) is 13.0 Å². The van der Waals surface area contributed by atoms with Gasteiger partial charge in [0.05, 0.1) is 22.7 Å². The standard InChI is InChI=1S/C25H16BrFN2O5S/c1-3-10-33-24(32)22-12(2)28-25(35-22)29-19(13-4-7-15(27)8-5-13)18-20(30)16-11-14(26)6-9-17(16)34-21(18)23(29)31/h3-9,11,19H,1,10H2,2H3. The topological polar surface area (TPSA) is 89.7 Å². The molecule has 7 nitrogen and oxygen atoms in total. The number of nitrogens with zero attached hydrogens (tertiary/aromatic N) is 2. The first-order chi connectivity index (χ1) is 16.8. The van der Waals surface area contributed by atoms with Crippen LogP contribution in [0.4, 0.5) is 9.52 Å². The second-order valence-corrected chi connectivity index (χ2v) is 9.64. The number of benzene rings is 2. The number of halogens is 2. The third kappa shape index (κ3) is 3.88. The lowest BCUT2D eigenvalue weighted by Gasteiger charge is -2.22. The van der Waals surface area contributed by atoms with Gasteiger partial charge in [0, 0.05) is 4.47 Å². The number of esters is 1. The van der Waals surface area contributed by atoms with E-state index in [0.717, 1.165) is 11.3 Å². The molecule has 0 saturated heterocycles. The number of hydrogen-bond acceptors (Lipinski definition) is 7. The number of aromatic nitrogens is 1. The predicted molar refractivity (Wildman–Crippen MR) is 133 cm³/mol. The van der Waals surface area contributed by atoms with Crippen molar-refractivity contribution in [2.24, 2.45) is 0 Å².